The third kappa shape index (κ3) is 4.31. The Morgan fingerprint density at radius 2 is 2.21 bits per heavy atom. The van der Waals surface area contributed by atoms with Crippen LogP contribution < -0.4 is 10.0 Å². The van der Waals surface area contributed by atoms with Gasteiger partial charge in [0.15, 0.2) is 11.2 Å². The zero-order valence-electron chi connectivity index (χ0n) is 14.8. The number of carbonyl (C=O) groups is 1. The smallest absolute Gasteiger partial charge is 0.242 e. The zero-order valence-corrected chi connectivity index (χ0v) is 16.4. The van der Waals surface area contributed by atoms with E-state index >= 15 is 0 Å². The molecular weight excluding hydrogens is 410 g/mol. The van der Waals surface area contributed by atoms with E-state index < -0.39 is 40.8 Å². The summed E-state index contributed by atoms with van der Waals surface area (Å²) in [5.74, 6) is -1.99. The first-order valence-electron chi connectivity index (χ1n) is 8.45. The van der Waals surface area contributed by atoms with E-state index in [0.717, 1.165) is 6.07 Å². The second-order valence-electron chi connectivity index (χ2n) is 6.53. The molecule has 1 aromatic carbocycles. The van der Waals surface area contributed by atoms with E-state index in [-0.39, 0.29) is 22.9 Å². The van der Waals surface area contributed by atoms with Crippen molar-refractivity contribution in [2.24, 2.45) is 5.92 Å². The number of allylic oxidation sites excluding steroid dienone is 3. The molecule has 28 heavy (non-hydrogen) atoms. The first-order chi connectivity index (χ1) is 13.3. The van der Waals surface area contributed by atoms with Crippen LogP contribution in [0.3, 0.4) is 0 Å². The first kappa shape index (κ1) is 20.6. The average Bonchev–Trinajstić information content (AvgIpc) is 2.66. The van der Waals surface area contributed by atoms with E-state index in [9.17, 15) is 17.8 Å². The monoisotopic (exact) mass is 426 g/mol. The van der Waals surface area contributed by atoms with E-state index in [1.807, 2.05) is 0 Å². The molecule has 2 aliphatic rings. The van der Waals surface area contributed by atoms with Gasteiger partial charge in [-0.15, -0.1) is 0 Å². The summed E-state index contributed by atoms with van der Waals surface area (Å²) in [6.07, 6.45) is 3.50. The van der Waals surface area contributed by atoms with Gasteiger partial charge in [-0.25, -0.2) is 22.0 Å². The molecule has 0 aromatic heterocycles. The lowest BCUT2D eigenvalue weighted by Crippen LogP contribution is -2.57. The summed E-state index contributed by atoms with van der Waals surface area (Å²) >= 11 is 4.08. The number of rotatable bonds is 3. The van der Waals surface area contributed by atoms with Crippen LogP contribution in [-0.2, 0) is 16.0 Å². The number of hydrogen-bond donors (Lipinski definition) is 2. The first-order valence-corrected chi connectivity index (χ1v) is 9.93. The van der Waals surface area contributed by atoms with Gasteiger partial charge in [0.25, 0.3) is 0 Å². The van der Waals surface area contributed by atoms with E-state index in [2.05, 4.69) is 10.0 Å². The van der Waals surface area contributed by atoms with Gasteiger partial charge < -0.3 is 5.32 Å². The predicted octanol–water partition coefficient (Wildman–Crippen LogP) is 2.98. The van der Waals surface area contributed by atoms with Crippen LogP contribution >= 0.6 is 11.6 Å². The molecule has 148 valence electrons. The minimum Gasteiger partial charge on any atom is -0.325 e. The molecule has 0 spiro atoms. The van der Waals surface area contributed by atoms with Gasteiger partial charge in [0.05, 0.1) is 10.6 Å². The highest BCUT2D eigenvalue weighted by Gasteiger charge is 2.39. The summed E-state index contributed by atoms with van der Waals surface area (Å²) < 4.78 is 43.9. The normalized spacial score (nSPS) is 28.1. The molecule has 0 saturated carbocycles. The van der Waals surface area contributed by atoms with Gasteiger partial charge >= 0.3 is 0 Å². The Balaban J connectivity index is 1.74. The van der Waals surface area contributed by atoms with Crippen molar-refractivity contribution in [1.82, 2.24) is 9.03 Å². The summed E-state index contributed by atoms with van der Waals surface area (Å²) in [6, 6.07) is 4.41. The fourth-order valence-electron chi connectivity index (χ4n) is 3.18. The predicted molar refractivity (Wildman–Crippen MR) is 102 cm³/mol. The van der Waals surface area contributed by atoms with Crippen LogP contribution in [0.15, 0.2) is 41.8 Å². The molecule has 2 N–H and O–H groups in total. The third-order valence-electron chi connectivity index (χ3n) is 4.77. The summed E-state index contributed by atoms with van der Waals surface area (Å²) in [5.41, 5.74) is 0.295. The minimum absolute atomic E-state index is 0.0206. The molecule has 1 fully saturated rings. The molecule has 1 saturated heterocycles. The van der Waals surface area contributed by atoms with Gasteiger partial charge in [0.1, 0.15) is 23.8 Å². The largest absolute Gasteiger partial charge is 0.325 e. The Morgan fingerprint density at radius 3 is 2.86 bits per heavy atom. The van der Waals surface area contributed by atoms with Crippen molar-refractivity contribution in [2.75, 3.05) is 12.4 Å². The van der Waals surface area contributed by atoms with E-state index in [4.69, 9.17) is 16.9 Å². The molecule has 6 nitrogen and oxygen atoms in total. The molecule has 1 aromatic rings. The quantitative estimate of drug-likeness (QED) is 0.779. The molecule has 1 amide bonds. The van der Waals surface area contributed by atoms with Gasteiger partial charge in [-0.05, 0) is 43.0 Å². The summed E-state index contributed by atoms with van der Waals surface area (Å²) in [5, 5.41) is 11.4. The van der Waals surface area contributed by atoms with Crippen LogP contribution in [0.2, 0.25) is 5.02 Å². The zero-order chi connectivity index (χ0) is 20.4. The number of likely N-dealkylation sites (N-methyl/N-ethyl adjacent to an activating group) is 1. The highest BCUT2D eigenvalue weighted by atomic mass is 35.5. The van der Waals surface area contributed by atoms with Crippen molar-refractivity contribution in [3.8, 4) is 6.07 Å². The van der Waals surface area contributed by atoms with Gasteiger partial charge in [-0.3, -0.25) is 4.79 Å². The van der Waals surface area contributed by atoms with Gasteiger partial charge in [0.2, 0.25) is 5.91 Å². The van der Waals surface area contributed by atoms with Crippen molar-refractivity contribution in [3.05, 3.63) is 52.6 Å². The van der Waals surface area contributed by atoms with Crippen LogP contribution in [0, 0.1) is 23.1 Å². The Kier molecular flexibility index (Phi) is 6.25. The molecule has 1 aliphatic heterocycles. The number of nitrogens with zero attached hydrogens (tertiary/aromatic N) is 2. The second-order valence-corrected chi connectivity index (χ2v) is 8.25. The molecule has 10 heteroatoms. The lowest BCUT2D eigenvalue weighted by molar-refractivity contribution is -0.120. The Morgan fingerprint density at radius 1 is 1.46 bits per heavy atom. The second kappa shape index (κ2) is 8.49. The Bertz CT molecular complexity index is 931. The van der Waals surface area contributed by atoms with Crippen LogP contribution in [0.1, 0.15) is 12.8 Å². The lowest BCUT2D eigenvalue weighted by Gasteiger charge is -2.38. The topological polar surface area (TPSA) is 85.2 Å². The number of halogens is 3. The van der Waals surface area contributed by atoms with Crippen molar-refractivity contribution in [3.63, 3.8) is 0 Å². The van der Waals surface area contributed by atoms with E-state index in [1.165, 1.54) is 35.6 Å². The molecule has 2 unspecified atom stereocenters. The fourth-order valence-corrected chi connectivity index (χ4v) is 4.47. The number of amides is 1. The van der Waals surface area contributed by atoms with Gasteiger partial charge in [-0.2, -0.15) is 5.26 Å². The Hall–Kier alpha value is -2.12. The van der Waals surface area contributed by atoms with Gasteiger partial charge in [0, 0.05) is 18.8 Å². The SMILES string of the molecule is CN1[C@H](C(=O)Nc2ccc(F)c(Cl)c2)C[C@H](C2C=C(F)C(C#N)=CC2)NS1=O. The minimum atomic E-state index is -1.66. The highest BCUT2D eigenvalue weighted by molar-refractivity contribution is 7.80. The number of carbonyl (C=O) groups excluding carboxylic acids is 1. The highest BCUT2D eigenvalue weighted by Crippen LogP contribution is 2.30. The molecular formula is C18H17ClF2N4O2S. The molecule has 4 atom stereocenters. The summed E-state index contributed by atoms with van der Waals surface area (Å²) in [7, 11) is 1.53. The molecule has 1 aliphatic carbocycles. The van der Waals surface area contributed by atoms with Crippen LogP contribution in [0.25, 0.3) is 0 Å². The van der Waals surface area contributed by atoms with Crippen LogP contribution in [0.5, 0.6) is 0 Å². The maximum atomic E-state index is 14.0. The molecule has 3 rings (SSSR count). The van der Waals surface area contributed by atoms with E-state index in [0.29, 0.717) is 12.1 Å². The van der Waals surface area contributed by atoms with E-state index in [1.54, 1.807) is 6.07 Å². The maximum Gasteiger partial charge on any atom is 0.242 e. The van der Waals surface area contributed by atoms with Crippen molar-refractivity contribution in [1.29, 1.82) is 5.26 Å². The molecule has 1 heterocycles. The van der Waals surface area contributed by atoms with Crippen molar-refractivity contribution < 1.29 is 17.8 Å². The van der Waals surface area contributed by atoms with Crippen molar-refractivity contribution in [2.45, 2.75) is 24.9 Å². The van der Waals surface area contributed by atoms with Crippen LogP contribution in [-0.4, -0.2) is 33.6 Å². The summed E-state index contributed by atoms with van der Waals surface area (Å²) in [6.45, 7) is 0. The average molecular weight is 427 g/mol. The summed E-state index contributed by atoms with van der Waals surface area (Å²) in [4.78, 5) is 12.7. The van der Waals surface area contributed by atoms with Crippen molar-refractivity contribution >= 4 is 34.4 Å². The van der Waals surface area contributed by atoms with Crippen LogP contribution in [0.4, 0.5) is 14.5 Å². The number of nitrogens with one attached hydrogen (secondary N) is 2. The third-order valence-corrected chi connectivity index (χ3v) is 6.34. The fraction of sp³-hybridized carbons (Fsp3) is 0.333. The number of anilines is 1. The molecule has 0 radical (unpaired) electrons. The Labute approximate surface area is 168 Å². The lowest BCUT2D eigenvalue weighted by atomic mass is 9.87. The number of hydrogen-bond acceptors (Lipinski definition) is 3. The van der Waals surface area contributed by atoms with Gasteiger partial charge in [-0.1, -0.05) is 17.7 Å². The number of benzene rings is 1. The standard InChI is InChI=1S/C18H17ClF2N4O2S/c1-25-17(18(26)23-12-4-5-14(20)13(19)7-12)8-16(24-28(25)27)10-2-3-11(9-22)15(21)6-10/h3-7,10,16-17,24H,2,8H2,1H3,(H,23,26)/t10?,16-,17+,28?/m1/s1. The number of nitriles is 1. The maximum absolute atomic E-state index is 14.0. The molecule has 0 bridgehead atoms.